The van der Waals surface area contributed by atoms with Crippen molar-refractivity contribution in [1.29, 1.82) is 0 Å². The van der Waals surface area contributed by atoms with E-state index >= 15 is 0 Å². The molecule has 6 nitrogen and oxygen atoms in total. The van der Waals surface area contributed by atoms with Gasteiger partial charge in [-0.15, -0.1) is 0 Å². The van der Waals surface area contributed by atoms with Gasteiger partial charge in [-0.25, -0.2) is 0 Å². The number of carbonyl (C=O) groups is 1. The molecule has 0 fully saturated rings. The van der Waals surface area contributed by atoms with Crippen molar-refractivity contribution in [3.63, 3.8) is 0 Å². The lowest BCUT2D eigenvalue weighted by Gasteiger charge is -2.03. The second-order valence-corrected chi connectivity index (χ2v) is 5.06. The molecule has 1 heterocycles. The third kappa shape index (κ3) is 2.65. The van der Waals surface area contributed by atoms with Crippen LogP contribution in [-0.4, -0.2) is 28.2 Å². The zero-order valence-corrected chi connectivity index (χ0v) is 12.7. The van der Waals surface area contributed by atoms with E-state index in [1.54, 1.807) is 24.3 Å². The summed E-state index contributed by atoms with van der Waals surface area (Å²) >= 11 is 0. The molecular weight excluding hydrogens is 312 g/mol. The average molecular weight is 326 g/mol. The second-order valence-electron chi connectivity index (χ2n) is 5.06. The van der Waals surface area contributed by atoms with Gasteiger partial charge in [-0.3, -0.25) is 4.79 Å². The number of phenolic OH excluding ortho intramolecular Hbond substituents is 3. The van der Waals surface area contributed by atoms with E-state index in [2.05, 4.69) is 0 Å². The molecule has 0 saturated heterocycles. The Morgan fingerprint density at radius 1 is 1.08 bits per heavy atom. The molecule has 0 bridgehead atoms. The summed E-state index contributed by atoms with van der Waals surface area (Å²) in [6.45, 7) is 0. The van der Waals surface area contributed by atoms with Crippen LogP contribution in [-0.2, 0) is 0 Å². The van der Waals surface area contributed by atoms with Crippen molar-refractivity contribution in [1.82, 2.24) is 0 Å². The molecular formula is C18H14O6. The minimum Gasteiger partial charge on any atom is -0.504 e. The summed E-state index contributed by atoms with van der Waals surface area (Å²) in [6, 6.07) is 7.45. The summed E-state index contributed by atoms with van der Waals surface area (Å²) in [5.74, 6) is -0.836. The second kappa shape index (κ2) is 6.00. The number of fused-ring (bicyclic) bond motifs is 1. The number of ether oxygens (including phenoxy) is 2. The van der Waals surface area contributed by atoms with Crippen LogP contribution in [0.3, 0.4) is 0 Å². The molecule has 122 valence electrons. The normalized spacial score (nSPS) is 14.9. The summed E-state index contributed by atoms with van der Waals surface area (Å²) in [5.41, 5.74) is 0.946. The zero-order chi connectivity index (χ0) is 17.3. The van der Waals surface area contributed by atoms with Gasteiger partial charge >= 0.3 is 0 Å². The highest BCUT2D eigenvalue weighted by molar-refractivity contribution is 6.13. The molecule has 0 amide bonds. The maximum Gasteiger partial charge on any atom is 0.232 e. The van der Waals surface area contributed by atoms with Crippen molar-refractivity contribution in [2.24, 2.45) is 0 Å². The Morgan fingerprint density at radius 3 is 2.58 bits per heavy atom. The first kappa shape index (κ1) is 15.5. The quantitative estimate of drug-likeness (QED) is 0.593. The van der Waals surface area contributed by atoms with Crippen LogP contribution in [0.4, 0.5) is 0 Å². The number of Topliss-reactive ketones (excluding diaryl/α,β-unsaturated/α-hetero) is 1. The molecule has 24 heavy (non-hydrogen) atoms. The predicted molar refractivity (Wildman–Crippen MR) is 86.5 cm³/mol. The number of ketones is 1. The summed E-state index contributed by atoms with van der Waals surface area (Å²) in [4.78, 5) is 12.2. The van der Waals surface area contributed by atoms with Crippen molar-refractivity contribution in [2.75, 3.05) is 7.11 Å². The van der Waals surface area contributed by atoms with Gasteiger partial charge in [-0.05, 0) is 35.9 Å². The number of rotatable bonds is 3. The van der Waals surface area contributed by atoms with Crippen LogP contribution in [0.5, 0.6) is 28.7 Å². The fourth-order valence-corrected chi connectivity index (χ4v) is 2.29. The van der Waals surface area contributed by atoms with E-state index in [0.29, 0.717) is 5.75 Å². The molecule has 6 heteroatoms. The van der Waals surface area contributed by atoms with Crippen LogP contribution in [0.15, 0.2) is 48.2 Å². The van der Waals surface area contributed by atoms with E-state index in [9.17, 15) is 20.1 Å². The van der Waals surface area contributed by atoms with E-state index in [1.807, 2.05) is 0 Å². The van der Waals surface area contributed by atoms with Crippen molar-refractivity contribution in [3.8, 4) is 28.7 Å². The minimum atomic E-state index is -0.462. The fourth-order valence-electron chi connectivity index (χ4n) is 2.29. The third-order valence-corrected chi connectivity index (χ3v) is 3.53. The molecule has 3 rings (SSSR count). The highest BCUT2D eigenvalue weighted by Gasteiger charge is 2.30. The highest BCUT2D eigenvalue weighted by atomic mass is 16.5. The molecule has 0 unspecified atom stereocenters. The molecule has 0 saturated carbocycles. The lowest BCUT2D eigenvalue weighted by Crippen LogP contribution is -1.97. The fraction of sp³-hybridized carbons (Fsp3) is 0.0556. The molecule has 3 N–H and O–H groups in total. The van der Waals surface area contributed by atoms with Crippen LogP contribution < -0.4 is 9.47 Å². The Kier molecular flexibility index (Phi) is 3.87. The topological polar surface area (TPSA) is 96.2 Å². The van der Waals surface area contributed by atoms with Crippen molar-refractivity contribution in [2.45, 2.75) is 0 Å². The number of methoxy groups -OCH3 is 1. The van der Waals surface area contributed by atoms with Gasteiger partial charge < -0.3 is 24.8 Å². The maximum atomic E-state index is 12.2. The Bertz CT molecular complexity index is 879. The van der Waals surface area contributed by atoms with Gasteiger partial charge in [0, 0.05) is 0 Å². The van der Waals surface area contributed by atoms with Gasteiger partial charge in [0.25, 0.3) is 0 Å². The minimum absolute atomic E-state index is 0.0351. The van der Waals surface area contributed by atoms with Gasteiger partial charge in [0.1, 0.15) is 0 Å². The third-order valence-electron chi connectivity index (χ3n) is 3.53. The molecule has 0 aromatic heterocycles. The Morgan fingerprint density at radius 2 is 1.83 bits per heavy atom. The largest absolute Gasteiger partial charge is 0.504 e. The predicted octanol–water partition coefficient (Wildman–Crippen LogP) is 2.98. The smallest absolute Gasteiger partial charge is 0.232 e. The molecule has 0 spiro atoms. The van der Waals surface area contributed by atoms with Gasteiger partial charge in [0.15, 0.2) is 28.8 Å². The lowest BCUT2D eigenvalue weighted by atomic mass is 10.1. The number of carbonyl (C=O) groups excluding carboxylic acids is 1. The van der Waals surface area contributed by atoms with Crippen LogP contribution in [0.1, 0.15) is 15.9 Å². The van der Waals surface area contributed by atoms with E-state index in [-0.39, 0.29) is 34.4 Å². The van der Waals surface area contributed by atoms with Crippen LogP contribution in [0.2, 0.25) is 0 Å². The van der Waals surface area contributed by atoms with E-state index in [4.69, 9.17) is 9.47 Å². The van der Waals surface area contributed by atoms with E-state index < -0.39 is 5.75 Å². The highest BCUT2D eigenvalue weighted by Crippen LogP contribution is 2.43. The van der Waals surface area contributed by atoms with Crippen LogP contribution >= 0.6 is 0 Å². The summed E-state index contributed by atoms with van der Waals surface area (Å²) < 4.78 is 10.3. The number of benzene rings is 2. The first-order valence-corrected chi connectivity index (χ1v) is 7.04. The van der Waals surface area contributed by atoms with E-state index in [0.717, 1.165) is 5.56 Å². The summed E-state index contributed by atoms with van der Waals surface area (Å²) in [6.07, 6.45) is 4.76. The van der Waals surface area contributed by atoms with Crippen molar-refractivity contribution < 1.29 is 29.6 Å². The van der Waals surface area contributed by atoms with Crippen LogP contribution in [0.25, 0.3) is 6.08 Å². The SMILES string of the molecule is COc1cc(/C=C/C=C2/Oc3c(ccc(O)c3O)C2=O)ccc1O. The lowest BCUT2D eigenvalue weighted by molar-refractivity contribution is 0.101. The maximum absolute atomic E-state index is 12.2. The zero-order valence-electron chi connectivity index (χ0n) is 12.7. The molecule has 1 aliphatic rings. The van der Waals surface area contributed by atoms with Gasteiger partial charge in [-0.1, -0.05) is 18.2 Å². The molecule has 0 atom stereocenters. The monoisotopic (exact) mass is 326 g/mol. The standard InChI is InChI=1S/C18H14O6/c1-23-15-9-10(5-7-12(15)19)3-2-4-14-16(21)11-6-8-13(20)17(22)18(11)24-14/h2-9,19-20,22H,1H3/b3-2+,14-4+. The van der Waals surface area contributed by atoms with Gasteiger partial charge in [0.2, 0.25) is 11.5 Å². The molecule has 0 radical (unpaired) electrons. The molecule has 0 aliphatic carbocycles. The first-order chi connectivity index (χ1) is 11.5. The number of hydrogen-bond acceptors (Lipinski definition) is 6. The number of phenols is 3. The Balaban J connectivity index is 1.84. The summed E-state index contributed by atoms with van der Waals surface area (Å²) in [7, 11) is 1.45. The number of allylic oxidation sites excluding steroid dienone is 3. The average Bonchev–Trinajstić information content (AvgIpc) is 2.89. The molecule has 1 aliphatic heterocycles. The first-order valence-electron chi connectivity index (χ1n) is 7.04. The van der Waals surface area contributed by atoms with Crippen molar-refractivity contribution in [3.05, 3.63) is 59.4 Å². The summed E-state index contributed by atoms with van der Waals surface area (Å²) in [5, 5.41) is 28.7. The van der Waals surface area contributed by atoms with Gasteiger partial charge in [-0.2, -0.15) is 0 Å². The Labute approximate surface area is 137 Å². The Hall–Kier alpha value is -3.41. The van der Waals surface area contributed by atoms with E-state index in [1.165, 1.54) is 31.4 Å². The molecule has 2 aromatic rings. The molecule has 2 aromatic carbocycles. The van der Waals surface area contributed by atoms with Crippen LogP contribution in [0, 0.1) is 0 Å². The number of hydrogen-bond donors (Lipinski definition) is 3. The van der Waals surface area contributed by atoms with Gasteiger partial charge in [0.05, 0.1) is 12.7 Å². The van der Waals surface area contributed by atoms with Crippen molar-refractivity contribution >= 4 is 11.9 Å². The number of aromatic hydroxyl groups is 3.